The summed E-state index contributed by atoms with van der Waals surface area (Å²) in [6.07, 6.45) is -1.88. The monoisotopic (exact) mass is 430 g/mol. The maximum absolute atomic E-state index is 13.7. The summed E-state index contributed by atoms with van der Waals surface area (Å²) in [5.41, 5.74) is -0.541. The van der Waals surface area contributed by atoms with Gasteiger partial charge in [0.25, 0.3) is 5.91 Å². The predicted molar refractivity (Wildman–Crippen MR) is 99.0 cm³/mol. The van der Waals surface area contributed by atoms with Crippen LogP contribution in [0.2, 0.25) is 0 Å². The van der Waals surface area contributed by atoms with Crippen molar-refractivity contribution in [3.05, 3.63) is 70.6 Å². The number of rotatable bonds is 3. The number of aromatic nitrogens is 2. The van der Waals surface area contributed by atoms with E-state index in [0.717, 1.165) is 24.4 Å². The smallest absolute Gasteiger partial charge is 0.433 e. The van der Waals surface area contributed by atoms with Crippen LogP contribution in [-0.2, 0) is 12.6 Å². The number of oxazole rings is 1. The highest BCUT2D eigenvalue weighted by atomic mass is 19.4. The Hall–Kier alpha value is -3.74. The summed E-state index contributed by atoms with van der Waals surface area (Å²) in [7, 11) is 0. The number of pyridine rings is 1. The summed E-state index contributed by atoms with van der Waals surface area (Å²) in [6.45, 7) is 0. The number of nitriles is 1. The van der Waals surface area contributed by atoms with Gasteiger partial charge < -0.3 is 9.73 Å². The average molecular weight is 430 g/mol. The third-order valence-corrected chi connectivity index (χ3v) is 4.85. The van der Waals surface area contributed by atoms with E-state index in [2.05, 4.69) is 15.3 Å². The van der Waals surface area contributed by atoms with Crippen LogP contribution in [0.3, 0.4) is 0 Å². The van der Waals surface area contributed by atoms with E-state index in [4.69, 9.17) is 9.68 Å². The van der Waals surface area contributed by atoms with Gasteiger partial charge in [-0.05, 0) is 43.2 Å². The molecular weight excluding hydrogens is 416 g/mol. The second kappa shape index (κ2) is 7.83. The number of nitrogens with one attached hydrogen (secondary N) is 1. The first kappa shape index (κ1) is 20.5. The summed E-state index contributed by atoms with van der Waals surface area (Å²) in [6, 6.07) is 6.73. The zero-order valence-electron chi connectivity index (χ0n) is 15.8. The highest BCUT2D eigenvalue weighted by molar-refractivity contribution is 5.94. The molecule has 31 heavy (non-hydrogen) atoms. The molecular formula is C21H14F4N4O2. The van der Waals surface area contributed by atoms with Crippen LogP contribution in [0.5, 0.6) is 0 Å². The number of benzene rings is 1. The normalized spacial score (nSPS) is 15.8. The lowest BCUT2D eigenvalue weighted by Crippen LogP contribution is -2.31. The summed E-state index contributed by atoms with van der Waals surface area (Å²) in [5.74, 6) is -0.845. The van der Waals surface area contributed by atoms with Crippen LogP contribution in [0.1, 0.15) is 52.0 Å². The lowest BCUT2D eigenvalue weighted by atomic mass is 9.96. The first-order valence-corrected chi connectivity index (χ1v) is 9.29. The van der Waals surface area contributed by atoms with Crippen LogP contribution >= 0.6 is 0 Å². The Morgan fingerprint density at radius 2 is 2.06 bits per heavy atom. The van der Waals surface area contributed by atoms with Crippen molar-refractivity contribution >= 4 is 5.91 Å². The van der Waals surface area contributed by atoms with E-state index in [1.54, 1.807) is 6.07 Å². The number of hydrogen-bond acceptors (Lipinski definition) is 5. The number of aryl methyl sites for hydroxylation is 1. The van der Waals surface area contributed by atoms with Crippen LogP contribution < -0.4 is 5.32 Å². The van der Waals surface area contributed by atoms with Crippen LogP contribution in [0.4, 0.5) is 17.6 Å². The highest BCUT2D eigenvalue weighted by Crippen LogP contribution is 2.35. The van der Waals surface area contributed by atoms with E-state index < -0.39 is 29.6 Å². The van der Waals surface area contributed by atoms with Crippen molar-refractivity contribution in [3.63, 3.8) is 0 Å². The van der Waals surface area contributed by atoms with Crippen molar-refractivity contribution in [2.75, 3.05) is 0 Å². The molecule has 4 rings (SSSR count). The largest absolute Gasteiger partial charge is 0.441 e. The minimum absolute atomic E-state index is 0.00317. The number of carbonyl (C=O) groups excluding carboxylic acids is 1. The molecule has 2 heterocycles. The van der Waals surface area contributed by atoms with Gasteiger partial charge in [0.05, 0.1) is 17.7 Å². The molecule has 0 spiro atoms. The third-order valence-electron chi connectivity index (χ3n) is 4.85. The number of hydrogen-bond donors (Lipinski definition) is 1. The Morgan fingerprint density at radius 3 is 2.81 bits per heavy atom. The van der Waals surface area contributed by atoms with Gasteiger partial charge in [-0.25, -0.2) is 9.37 Å². The fourth-order valence-electron chi connectivity index (χ4n) is 3.43. The summed E-state index contributed by atoms with van der Waals surface area (Å²) in [5, 5.41) is 11.7. The summed E-state index contributed by atoms with van der Waals surface area (Å²) < 4.78 is 58.2. The molecule has 3 aromatic rings. The Morgan fingerprint density at radius 1 is 1.26 bits per heavy atom. The molecule has 0 radical (unpaired) electrons. The quantitative estimate of drug-likeness (QED) is 0.615. The minimum atomic E-state index is -4.61. The number of alkyl halides is 3. The van der Waals surface area contributed by atoms with Crippen molar-refractivity contribution in [3.8, 4) is 17.5 Å². The SMILES string of the molecule is N#Cc1cc(F)cc(C(=O)N[C@H]2CCCc3oc(-c4ccnc(C(F)(F)F)c4)nc32)c1. The van der Waals surface area contributed by atoms with Gasteiger partial charge in [0.15, 0.2) is 0 Å². The molecule has 1 aliphatic carbocycles. The Balaban J connectivity index is 1.61. The molecule has 0 bridgehead atoms. The molecule has 0 fully saturated rings. The van der Waals surface area contributed by atoms with Crippen LogP contribution in [0.25, 0.3) is 11.5 Å². The fraction of sp³-hybridized carbons (Fsp3) is 0.238. The summed E-state index contributed by atoms with van der Waals surface area (Å²) >= 11 is 0. The number of carbonyl (C=O) groups is 1. The van der Waals surface area contributed by atoms with Crippen molar-refractivity contribution in [2.24, 2.45) is 0 Å². The molecule has 0 unspecified atom stereocenters. The molecule has 2 aromatic heterocycles. The number of fused-ring (bicyclic) bond motifs is 1. The van der Waals surface area contributed by atoms with Crippen LogP contribution in [-0.4, -0.2) is 15.9 Å². The molecule has 1 N–H and O–H groups in total. The van der Waals surface area contributed by atoms with Gasteiger partial charge in [0, 0.05) is 23.7 Å². The van der Waals surface area contributed by atoms with E-state index in [1.165, 1.54) is 12.1 Å². The maximum atomic E-state index is 13.7. The van der Waals surface area contributed by atoms with Gasteiger partial charge in [-0.15, -0.1) is 0 Å². The van der Waals surface area contributed by atoms with Gasteiger partial charge in [-0.3, -0.25) is 9.78 Å². The second-order valence-electron chi connectivity index (χ2n) is 7.01. The van der Waals surface area contributed by atoms with Gasteiger partial charge in [0.2, 0.25) is 5.89 Å². The molecule has 1 aliphatic rings. The third kappa shape index (κ3) is 4.26. The van der Waals surface area contributed by atoms with E-state index in [0.29, 0.717) is 30.7 Å². The topological polar surface area (TPSA) is 91.8 Å². The zero-order chi connectivity index (χ0) is 22.2. The van der Waals surface area contributed by atoms with E-state index >= 15 is 0 Å². The Kier molecular flexibility index (Phi) is 5.19. The van der Waals surface area contributed by atoms with Gasteiger partial charge in [-0.1, -0.05) is 0 Å². The molecule has 0 saturated heterocycles. The molecule has 6 nitrogen and oxygen atoms in total. The Labute approximate surface area is 173 Å². The van der Waals surface area contributed by atoms with E-state index in [9.17, 15) is 22.4 Å². The predicted octanol–water partition coefficient (Wildman–Crippen LogP) is 4.57. The zero-order valence-corrected chi connectivity index (χ0v) is 15.8. The first-order valence-electron chi connectivity index (χ1n) is 9.29. The molecule has 0 saturated carbocycles. The van der Waals surface area contributed by atoms with Crippen LogP contribution in [0, 0.1) is 17.1 Å². The lowest BCUT2D eigenvalue weighted by Gasteiger charge is -2.21. The van der Waals surface area contributed by atoms with Crippen molar-refractivity contribution in [1.29, 1.82) is 5.26 Å². The van der Waals surface area contributed by atoms with Gasteiger partial charge in [-0.2, -0.15) is 18.4 Å². The van der Waals surface area contributed by atoms with Gasteiger partial charge >= 0.3 is 6.18 Å². The molecule has 158 valence electrons. The molecule has 1 atom stereocenters. The van der Waals surface area contributed by atoms with E-state index in [1.807, 2.05) is 0 Å². The number of halogens is 4. The van der Waals surface area contributed by atoms with Crippen molar-refractivity contribution in [1.82, 2.24) is 15.3 Å². The molecule has 1 aromatic carbocycles. The first-order chi connectivity index (χ1) is 14.7. The van der Waals surface area contributed by atoms with Crippen molar-refractivity contribution < 1.29 is 26.8 Å². The number of nitrogens with zero attached hydrogens (tertiary/aromatic N) is 3. The van der Waals surface area contributed by atoms with Crippen LogP contribution in [0.15, 0.2) is 40.9 Å². The number of amides is 1. The van der Waals surface area contributed by atoms with E-state index in [-0.39, 0.29) is 22.6 Å². The molecule has 0 aliphatic heterocycles. The fourth-order valence-corrected chi connectivity index (χ4v) is 3.43. The molecule has 1 amide bonds. The maximum Gasteiger partial charge on any atom is 0.433 e. The molecule has 10 heteroatoms. The minimum Gasteiger partial charge on any atom is -0.441 e. The highest BCUT2D eigenvalue weighted by Gasteiger charge is 2.33. The summed E-state index contributed by atoms with van der Waals surface area (Å²) in [4.78, 5) is 20.2. The average Bonchev–Trinajstić information content (AvgIpc) is 3.18. The second-order valence-corrected chi connectivity index (χ2v) is 7.01. The van der Waals surface area contributed by atoms with Gasteiger partial charge in [0.1, 0.15) is 23.0 Å². The Bertz CT molecular complexity index is 1200. The lowest BCUT2D eigenvalue weighted by molar-refractivity contribution is -0.141. The van der Waals surface area contributed by atoms with Crippen molar-refractivity contribution in [2.45, 2.75) is 31.5 Å². The standard InChI is InChI=1S/C21H14F4N4O2/c22-14-7-11(10-26)6-13(8-14)19(30)28-15-2-1-3-16-18(15)29-20(31-16)12-4-5-27-17(9-12)21(23,24)25/h4-9,15H,1-3H2,(H,28,30)/t15-/m0/s1.